The highest BCUT2D eigenvalue weighted by Crippen LogP contribution is 2.43. The molecule has 0 radical (unpaired) electrons. The molecule has 2 atom stereocenters. The number of halogens is 1. The standard InChI is InChI=1S/C13H16ClN/c14-9-6-7-11-10-4-2-1-3-5-12(10)15-13(11)8-9/h6-8,10,12,15H,1-5H2. The third kappa shape index (κ3) is 1.63. The fraction of sp³-hybridized carbons (Fsp3) is 0.538. The van der Waals surface area contributed by atoms with Crippen LogP contribution in [0.15, 0.2) is 18.2 Å². The van der Waals surface area contributed by atoms with Gasteiger partial charge in [0.25, 0.3) is 0 Å². The predicted molar refractivity (Wildman–Crippen MR) is 64.7 cm³/mol. The van der Waals surface area contributed by atoms with E-state index in [1.54, 1.807) is 0 Å². The fourth-order valence-electron chi connectivity index (χ4n) is 3.03. The van der Waals surface area contributed by atoms with Crippen LogP contribution in [0.2, 0.25) is 5.02 Å². The zero-order chi connectivity index (χ0) is 10.3. The average molecular weight is 222 g/mol. The van der Waals surface area contributed by atoms with Gasteiger partial charge < -0.3 is 5.32 Å². The normalized spacial score (nSPS) is 28.9. The molecule has 3 rings (SSSR count). The van der Waals surface area contributed by atoms with E-state index in [2.05, 4.69) is 17.4 Å². The Labute approximate surface area is 95.8 Å². The van der Waals surface area contributed by atoms with Crippen molar-refractivity contribution in [3.63, 3.8) is 0 Å². The third-order valence-corrected chi connectivity index (χ3v) is 4.01. The number of hydrogen-bond donors (Lipinski definition) is 1. The lowest BCUT2D eigenvalue weighted by atomic mass is 9.91. The first-order chi connectivity index (χ1) is 7.34. The molecule has 2 unspecified atom stereocenters. The smallest absolute Gasteiger partial charge is 0.0426 e. The number of fused-ring (bicyclic) bond motifs is 3. The molecule has 1 aliphatic carbocycles. The molecule has 80 valence electrons. The first-order valence-corrected chi connectivity index (χ1v) is 6.28. The first-order valence-electron chi connectivity index (χ1n) is 5.90. The summed E-state index contributed by atoms with van der Waals surface area (Å²) in [6.07, 6.45) is 6.81. The van der Waals surface area contributed by atoms with Crippen molar-refractivity contribution in [2.45, 2.75) is 44.1 Å². The minimum absolute atomic E-state index is 0.668. The zero-order valence-electron chi connectivity index (χ0n) is 8.80. The second kappa shape index (κ2) is 3.71. The molecule has 2 heteroatoms. The van der Waals surface area contributed by atoms with Gasteiger partial charge in [0.1, 0.15) is 0 Å². The summed E-state index contributed by atoms with van der Waals surface area (Å²) in [6.45, 7) is 0. The van der Waals surface area contributed by atoms with E-state index in [1.165, 1.54) is 43.4 Å². The first kappa shape index (κ1) is 9.53. The molecule has 0 bridgehead atoms. The molecule has 1 N–H and O–H groups in total. The van der Waals surface area contributed by atoms with Crippen LogP contribution in [0.5, 0.6) is 0 Å². The van der Waals surface area contributed by atoms with E-state index in [0.29, 0.717) is 6.04 Å². The lowest BCUT2D eigenvalue weighted by molar-refractivity contribution is 0.562. The minimum atomic E-state index is 0.668. The summed E-state index contributed by atoms with van der Waals surface area (Å²) in [4.78, 5) is 0. The van der Waals surface area contributed by atoms with Crippen LogP contribution in [0, 0.1) is 0 Å². The second-order valence-electron chi connectivity index (χ2n) is 4.73. The van der Waals surface area contributed by atoms with Crippen molar-refractivity contribution in [1.29, 1.82) is 0 Å². The molecular formula is C13H16ClN. The van der Waals surface area contributed by atoms with E-state index >= 15 is 0 Å². The second-order valence-corrected chi connectivity index (χ2v) is 5.16. The lowest BCUT2D eigenvalue weighted by Crippen LogP contribution is -2.18. The van der Waals surface area contributed by atoms with Gasteiger partial charge in [-0.05, 0) is 30.5 Å². The van der Waals surface area contributed by atoms with E-state index in [0.717, 1.165) is 10.9 Å². The molecule has 0 saturated heterocycles. The summed E-state index contributed by atoms with van der Waals surface area (Å²) < 4.78 is 0. The van der Waals surface area contributed by atoms with E-state index in [9.17, 15) is 0 Å². The molecule has 1 fully saturated rings. The van der Waals surface area contributed by atoms with Gasteiger partial charge in [0, 0.05) is 22.7 Å². The van der Waals surface area contributed by atoms with Gasteiger partial charge in [0.2, 0.25) is 0 Å². The summed E-state index contributed by atoms with van der Waals surface area (Å²) in [5, 5.41) is 4.48. The Hall–Kier alpha value is -0.690. The summed E-state index contributed by atoms with van der Waals surface area (Å²) in [6, 6.07) is 6.97. The van der Waals surface area contributed by atoms with Crippen molar-refractivity contribution in [3.8, 4) is 0 Å². The SMILES string of the molecule is Clc1ccc2c(c1)NC1CCCCCC21. The Kier molecular flexibility index (Phi) is 2.36. The molecule has 1 heterocycles. The summed E-state index contributed by atoms with van der Waals surface area (Å²) >= 11 is 6.01. The van der Waals surface area contributed by atoms with Crippen LogP contribution in [0.1, 0.15) is 43.6 Å². The van der Waals surface area contributed by atoms with Crippen LogP contribution < -0.4 is 5.32 Å². The van der Waals surface area contributed by atoms with Crippen LogP contribution in [0.3, 0.4) is 0 Å². The molecule has 1 aromatic rings. The number of rotatable bonds is 0. The zero-order valence-corrected chi connectivity index (χ0v) is 9.56. The Morgan fingerprint density at radius 3 is 2.93 bits per heavy atom. The van der Waals surface area contributed by atoms with E-state index in [4.69, 9.17) is 11.6 Å². The highest BCUT2D eigenvalue weighted by atomic mass is 35.5. The fourth-order valence-corrected chi connectivity index (χ4v) is 3.20. The van der Waals surface area contributed by atoms with E-state index in [1.807, 2.05) is 6.07 Å². The quantitative estimate of drug-likeness (QED) is 0.693. The summed E-state index contributed by atoms with van der Waals surface area (Å²) in [5.74, 6) is 0.736. The molecule has 2 aliphatic rings. The summed E-state index contributed by atoms with van der Waals surface area (Å²) in [5.41, 5.74) is 2.77. The topological polar surface area (TPSA) is 12.0 Å². The van der Waals surface area contributed by atoms with E-state index < -0.39 is 0 Å². The molecule has 0 aromatic heterocycles. The molecule has 0 spiro atoms. The van der Waals surface area contributed by atoms with Gasteiger partial charge in [-0.3, -0.25) is 0 Å². The van der Waals surface area contributed by atoms with Gasteiger partial charge in [-0.1, -0.05) is 36.9 Å². The average Bonchev–Trinajstić information content (AvgIpc) is 2.42. The molecule has 1 saturated carbocycles. The molecule has 0 amide bonds. The van der Waals surface area contributed by atoms with Gasteiger partial charge >= 0.3 is 0 Å². The van der Waals surface area contributed by atoms with Crippen molar-refractivity contribution in [2.24, 2.45) is 0 Å². The predicted octanol–water partition coefficient (Wildman–Crippen LogP) is 4.18. The van der Waals surface area contributed by atoms with Gasteiger partial charge in [-0.25, -0.2) is 0 Å². The maximum Gasteiger partial charge on any atom is 0.0426 e. The Morgan fingerprint density at radius 1 is 1.13 bits per heavy atom. The van der Waals surface area contributed by atoms with Crippen LogP contribution in [-0.2, 0) is 0 Å². The number of anilines is 1. The van der Waals surface area contributed by atoms with E-state index in [-0.39, 0.29) is 0 Å². The molecule has 15 heavy (non-hydrogen) atoms. The van der Waals surface area contributed by atoms with Gasteiger partial charge in [0.05, 0.1) is 0 Å². The van der Waals surface area contributed by atoms with Crippen molar-refractivity contribution < 1.29 is 0 Å². The van der Waals surface area contributed by atoms with Gasteiger partial charge in [0.15, 0.2) is 0 Å². The summed E-state index contributed by atoms with van der Waals surface area (Å²) in [7, 11) is 0. The Balaban J connectivity index is 1.97. The number of hydrogen-bond acceptors (Lipinski definition) is 1. The maximum atomic E-state index is 6.01. The molecule has 1 aromatic carbocycles. The largest absolute Gasteiger partial charge is 0.381 e. The van der Waals surface area contributed by atoms with Gasteiger partial charge in [-0.2, -0.15) is 0 Å². The van der Waals surface area contributed by atoms with Crippen molar-refractivity contribution in [2.75, 3.05) is 5.32 Å². The maximum absolute atomic E-state index is 6.01. The molecule has 1 nitrogen and oxygen atoms in total. The van der Waals surface area contributed by atoms with Crippen LogP contribution in [-0.4, -0.2) is 6.04 Å². The van der Waals surface area contributed by atoms with Crippen LogP contribution >= 0.6 is 11.6 Å². The van der Waals surface area contributed by atoms with Crippen molar-refractivity contribution >= 4 is 17.3 Å². The Bertz CT molecular complexity index is 375. The molecular weight excluding hydrogens is 206 g/mol. The minimum Gasteiger partial charge on any atom is -0.381 e. The number of nitrogens with one attached hydrogen (secondary N) is 1. The van der Waals surface area contributed by atoms with Crippen LogP contribution in [0.4, 0.5) is 5.69 Å². The lowest BCUT2D eigenvalue weighted by Gasteiger charge is -2.16. The van der Waals surface area contributed by atoms with Crippen molar-refractivity contribution in [3.05, 3.63) is 28.8 Å². The monoisotopic (exact) mass is 221 g/mol. The highest BCUT2D eigenvalue weighted by Gasteiger charge is 2.32. The van der Waals surface area contributed by atoms with Gasteiger partial charge in [-0.15, -0.1) is 0 Å². The van der Waals surface area contributed by atoms with Crippen molar-refractivity contribution in [1.82, 2.24) is 0 Å². The Morgan fingerprint density at radius 2 is 2.00 bits per heavy atom. The third-order valence-electron chi connectivity index (χ3n) is 3.77. The highest BCUT2D eigenvalue weighted by molar-refractivity contribution is 6.30. The number of benzene rings is 1. The molecule has 1 aliphatic heterocycles. The van der Waals surface area contributed by atoms with Crippen LogP contribution in [0.25, 0.3) is 0 Å².